The molecular formula is C26H29N3O2S2. The van der Waals surface area contributed by atoms with E-state index in [0.29, 0.717) is 25.1 Å². The van der Waals surface area contributed by atoms with Crippen LogP contribution in [0.2, 0.25) is 0 Å². The number of aryl methyl sites for hydroxylation is 2. The van der Waals surface area contributed by atoms with E-state index in [0.717, 1.165) is 36.7 Å². The number of pyridine rings is 1. The predicted molar refractivity (Wildman–Crippen MR) is 136 cm³/mol. The zero-order valence-electron chi connectivity index (χ0n) is 19.3. The number of amides is 1. The van der Waals surface area contributed by atoms with Crippen LogP contribution in [0.4, 0.5) is 0 Å². The number of rotatable bonds is 3. The van der Waals surface area contributed by atoms with Crippen molar-refractivity contribution in [3.05, 3.63) is 79.4 Å². The number of thiophene rings is 1. The van der Waals surface area contributed by atoms with Crippen LogP contribution < -0.4 is 5.43 Å². The third-order valence-electron chi connectivity index (χ3n) is 6.77. The van der Waals surface area contributed by atoms with Crippen molar-refractivity contribution in [3.8, 4) is 5.69 Å². The molecule has 33 heavy (non-hydrogen) atoms. The monoisotopic (exact) mass is 479 g/mol. The van der Waals surface area contributed by atoms with Crippen molar-refractivity contribution in [2.24, 2.45) is 0 Å². The molecule has 1 fully saturated rings. The fourth-order valence-corrected chi connectivity index (χ4v) is 7.45. The molecule has 1 saturated heterocycles. The van der Waals surface area contributed by atoms with Crippen molar-refractivity contribution >= 4 is 29.0 Å². The third-order valence-corrected chi connectivity index (χ3v) is 9.33. The summed E-state index contributed by atoms with van der Waals surface area (Å²) in [5.74, 6) is -0.120. The molecule has 2 aliphatic heterocycles. The van der Waals surface area contributed by atoms with E-state index in [1.54, 1.807) is 17.4 Å². The predicted octanol–water partition coefficient (Wildman–Crippen LogP) is 4.68. The molecule has 2 aliphatic rings. The fourth-order valence-electron chi connectivity index (χ4n) is 4.95. The van der Waals surface area contributed by atoms with Gasteiger partial charge in [-0.15, -0.1) is 23.1 Å². The molecule has 0 aliphatic carbocycles. The van der Waals surface area contributed by atoms with Gasteiger partial charge in [-0.05, 0) is 49.5 Å². The highest BCUT2D eigenvalue weighted by Gasteiger charge is 2.32. The Balaban J connectivity index is 1.66. The largest absolute Gasteiger partial charge is 0.336 e. The molecule has 172 valence electrons. The average Bonchev–Trinajstić information content (AvgIpc) is 3.16. The lowest BCUT2D eigenvalue weighted by molar-refractivity contribution is 0.0640. The molecule has 1 aromatic carbocycles. The van der Waals surface area contributed by atoms with E-state index >= 15 is 0 Å². The molecule has 5 rings (SSSR count). The molecule has 0 bridgehead atoms. The van der Waals surface area contributed by atoms with Gasteiger partial charge < -0.3 is 14.4 Å². The summed E-state index contributed by atoms with van der Waals surface area (Å²) in [5.41, 5.74) is 4.23. The van der Waals surface area contributed by atoms with Crippen LogP contribution in [0, 0.1) is 13.8 Å². The molecule has 0 radical (unpaired) electrons. The Morgan fingerprint density at radius 2 is 1.85 bits per heavy atom. The van der Waals surface area contributed by atoms with E-state index in [-0.39, 0.29) is 16.6 Å². The first-order valence-corrected chi connectivity index (χ1v) is 13.3. The number of fused-ring (bicyclic) bond motifs is 3. The standard InChI is InChI=1S/C26H29N3O2S2/c1-4-27-10-12-28(13-11-27)26(31)24-20-16-23(25-17(2)9-14-32-25)33-22-8-6-5-7-19(22)29(20)18(3)15-21(24)30/h5-9,14-15,23H,4,10-13,16H2,1-3H3/t23-/m0/s1. The fraction of sp³-hybridized carbons (Fsp3) is 0.385. The SMILES string of the molecule is CCN1CCN(C(=O)c2c3n(c(C)cc2=O)-c2ccccc2S[C@H](c2sccc2C)C3)CC1. The summed E-state index contributed by atoms with van der Waals surface area (Å²) < 4.78 is 2.15. The molecule has 2 aromatic heterocycles. The summed E-state index contributed by atoms with van der Waals surface area (Å²) in [6.45, 7) is 10.3. The second kappa shape index (κ2) is 9.12. The van der Waals surface area contributed by atoms with Gasteiger partial charge in [-0.25, -0.2) is 0 Å². The Labute approximate surface area is 203 Å². The van der Waals surface area contributed by atoms with Crippen molar-refractivity contribution in [2.75, 3.05) is 32.7 Å². The van der Waals surface area contributed by atoms with E-state index in [2.05, 4.69) is 53.0 Å². The number of hydrogen-bond donors (Lipinski definition) is 0. The zero-order valence-corrected chi connectivity index (χ0v) is 21.0. The first-order valence-electron chi connectivity index (χ1n) is 11.5. The number of likely N-dealkylation sites (N-methyl/N-ethyl adjacent to an activating group) is 1. The highest BCUT2D eigenvalue weighted by Crippen LogP contribution is 2.46. The lowest BCUT2D eigenvalue weighted by Crippen LogP contribution is -2.49. The van der Waals surface area contributed by atoms with Crippen LogP contribution in [0.25, 0.3) is 5.69 Å². The maximum atomic E-state index is 13.8. The Morgan fingerprint density at radius 3 is 2.55 bits per heavy atom. The molecular weight excluding hydrogens is 450 g/mol. The molecule has 5 nitrogen and oxygen atoms in total. The van der Waals surface area contributed by atoms with Crippen molar-refractivity contribution in [1.29, 1.82) is 0 Å². The molecule has 0 saturated carbocycles. The van der Waals surface area contributed by atoms with Crippen molar-refractivity contribution in [2.45, 2.75) is 37.3 Å². The van der Waals surface area contributed by atoms with Gasteiger partial charge in [0, 0.05) is 65.1 Å². The molecule has 4 heterocycles. The minimum atomic E-state index is -0.160. The lowest BCUT2D eigenvalue weighted by Gasteiger charge is -2.34. The minimum absolute atomic E-state index is 0.120. The Morgan fingerprint density at radius 1 is 1.09 bits per heavy atom. The number of hydrogen-bond acceptors (Lipinski definition) is 5. The number of carbonyl (C=O) groups is 1. The molecule has 0 spiro atoms. The number of piperazine rings is 1. The van der Waals surface area contributed by atoms with Gasteiger partial charge in [-0.1, -0.05) is 19.1 Å². The summed E-state index contributed by atoms with van der Waals surface area (Å²) >= 11 is 3.60. The molecule has 7 heteroatoms. The first kappa shape index (κ1) is 22.4. The summed E-state index contributed by atoms with van der Waals surface area (Å²) in [7, 11) is 0. The van der Waals surface area contributed by atoms with Crippen LogP contribution in [0.1, 0.15) is 44.4 Å². The topological polar surface area (TPSA) is 45.5 Å². The summed E-state index contributed by atoms with van der Waals surface area (Å²) in [6.07, 6.45) is 0.646. The second-order valence-corrected chi connectivity index (χ2v) is 11.0. The van der Waals surface area contributed by atoms with Crippen LogP contribution in [-0.4, -0.2) is 53.0 Å². The van der Waals surface area contributed by atoms with Gasteiger partial charge in [0.2, 0.25) is 0 Å². The van der Waals surface area contributed by atoms with Gasteiger partial charge in [-0.2, -0.15) is 0 Å². The minimum Gasteiger partial charge on any atom is -0.336 e. The number of aromatic nitrogens is 1. The number of nitrogens with zero attached hydrogens (tertiary/aromatic N) is 3. The van der Waals surface area contributed by atoms with E-state index in [4.69, 9.17) is 0 Å². The van der Waals surface area contributed by atoms with Gasteiger partial charge in [0.05, 0.1) is 5.69 Å². The van der Waals surface area contributed by atoms with Crippen molar-refractivity contribution in [1.82, 2.24) is 14.4 Å². The lowest BCUT2D eigenvalue weighted by atomic mass is 10.0. The van der Waals surface area contributed by atoms with Crippen molar-refractivity contribution < 1.29 is 4.79 Å². The van der Waals surface area contributed by atoms with Gasteiger partial charge >= 0.3 is 0 Å². The maximum Gasteiger partial charge on any atom is 0.259 e. The van der Waals surface area contributed by atoms with Crippen molar-refractivity contribution in [3.63, 3.8) is 0 Å². The first-order chi connectivity index (χ1) is 16.0. The van der Waals surface area contributed by atoms with Crippen LogP contribution in [0.15, 0.2) is 51.5 Å². The smallest absolute Gasteiger partial charge is 0.259 e. The van der Waals surface area contributed by atoms with Crippen LogP contribution >= 0.6 is 23.1 Å². The van der Waals surface area contributed by atoms with Gasteiger partial charge in [0.1, 0.15) is 5.56 Å². The van der Waals surface area contributed by atoms with Gasteiger partial charge in [0.25, 0.3) is 5.91 Å². The number of carbonyl (C=O) groups excluding carboxylic acids is 1. The summed E-state index contributed by atoms with van der Waals surface area (Å²) in [5, 5.41) is 2.29. The van der Waals surface area contributed by atoms with Gasteiger partial charge in [-0.3, -0.25) is 9.59 Å². The molecule has 1 amide bonds. The van der Waals surface area contributed by atoms with Crippen LogP contribution in [0.5, 0.6) is 0 Å². The van der Waals surface area contributed by atoms with E-state index in [1.807, 2.05) is 29.7 Å². The molecule has 0 N–H and O–H groups in total. The summed E-state index contributed by atoms with van der Waals surface area (Å²) in [4.78, 5) is 33.8. The number of thioether (sulfide) groups is 1. The average molecular weight is 480 g/mol. The normalized spacial score (nSPS) is 18.5. The second-order valence-electron chi connectivity index (χ2n) is 8.78. The quantitative estimate of drug-likeness (QED) is 0.547. The van der Waals surface area contributed by atoms with Gasteiger partial charge in [0.15, 0.2) is 5.43 Å². The Bertz CT molecular complexity index is 1250. The number of benzene rings is 1. The highest BCUT2D eigenvalue weighted by atomic mass is 32.2. The summed E-state index contributed by atoms with van der Waals surface area (Å²) in [6, 6.07) is 12.1. The molecule has 1 atom stereocenters. The van der Waals surface area contributed by atoms with Crippen LogP contribution in [0.3, 0.4) is 0 Å². The third kappa shape index (κ3) is 4.07. The van der Waals surface area contributed by atoms with E-state index in [1.165, 1.54) is 15.3 Å². The maximum absolute atomic E-state index is 13.8. The highest BCUT2D eigenvalue weighted by molar-refractivity contribution is 7.99. The van der Waals surface area contributed by atoms with Crippen LogP contribution in [-0.2, 0) is 6.42 Å². The molecule has 0 unspecified atom stereocenters. The zero-order chi connectivity index (χ0) is 23.1. The number of para-hydroxylation sites is 1. The Hall–Kier alpha value is -2.35. The van der Waals surface area contributed by atoms with E-state index < -0.39 is 0 Å². The Kier molecular flexibility index (Phi) is 6.20. The van der Waals surface area contributed by atoms with E-state index in [9.17, 15) is 9.59 Å². The molecule has 3 aromatic rings.